The number of piperidine rings is 2. The van der Waals surface area contributed by atoms with Gasteiger partial charge in [-0.25, -0.2) is 0 Å². The van der Waals surface area contributed by atoms with Gasteiger partial charge in [0.1, 0.15) is 0 Å². The number of likely N-dealkylation sites (tertiary alicyclic amines) is 1. The van der Waals surface area contributed by atoms with Crippen LogP contribution in [0.4, 0.5) is 19.1 Å². The van der Waals surface area contributed by atoms with E-state index in [1.54, 1.807) is 0 Å². The topological polar surface area (TPSA) is 65.8 Å². The molecule has 2 saturated heterocycles. The van der Waals surface area contributed by atoms with E-state index >= 15 is 0 Å². The summed E-state index contributed by atoms with van der Waals surface area (Å²) in [5.41, 5.74) is -0.395. The Bertz CT molecular complexity index is 893. The lowest BCUT2D eigenvalue weighted by molar-refractivity contribution is -0.137. The van der Waals surface area contributed by atoms with Crippen LogP contribution in [0, 0.1) is 5.92 Å². The van der Waals surface area contributed by atoms with Crippen molar-refractivity contribution in [1.82, 2.24) is 24.8 Å². The molecule has 2 aromatic heterocycles. The van der Waals surface area contributed by atoms with Gasteiger partial charge in [0.15, 0.2) is 5.65 Å². The highest BCUT2D eigenvalue weighted by atomic mass is 19.4. The van der Waals surface area contributed by atoms with E-state index in [1.165, 1.54) is 29.7 Å². The van der Waals surface area contributed by atoms with Crippen LogP contribution in [0.3, 0.4) is 0 Å². The van der Waals surface area contributed by atoms with Crippen molar-refractivity contribution in [1.29, 1.82) is 0 Å². The Morgan fingerprint density at radius 3 is 2.68 bits per heavy atom. The van der Waals surface area contributed by atoms with E-state index < -0.39 is 11.7 Å². The molecule has 0 aromatic carbocycles. The fourth-order valence-electron chi connectivity index (χ4n) is 4.48. The molecule has 0 radical (unpaired) electrons. The van der Waals surface area contributed by atoms with Gasteiger partial charge >= 0.3 is 6.18 Å². The molecule has 0 bridgehead atoms. The average Bonchev–Trinajstić information content (AvgIpc) is 3.20. The Hall–Kier alpha value is -2.36. The third-order valence-corrected chi connectivity index (χ3v) is 6.19. The zero-order chi connectivity index (χ0) is 21.8. The van der Waals surface area contributed by atoms with Crippen molar-refractivity contribution in [3.8, 4) is 0 Å². The first kappa shape index (κ1) is 21.9. The summed E-state index contributed by atoms with van der Waals surface area (Å²) >= 11 is 0. The van der Waals surface area contributed by atoms with Gasteiger partial charge in [-0.15, -0.1) is 10.2 Å². The van der Waals surface area contributed by atoms with Gasteiger partial charge in [0.05, 0.1) is 11.5 Å². The first-order valence-corrected chi connectivity index (χ1v) is 11.1. The Balaban J connectivity index is 1.34. The minimum atomic E-state index is -4.44. The smallest absolute Gasteiger partial charge is 0.356 e. The highest BCUT2D eigenvalue weighted by molar-refractivity contribution is 5.79. The monoisotopic (exact) mass is 438 g/mol. The van der Waals surface area contributed by atoms with Crippen LogP contribution in [0.2, 0.25) is 0 Å². The van der Waals surface area contributed by atoms with E-state index in [4.69, 9.17) is 0 Å². The Morgan fingerprint density at radius 2 is 1.90 bits per heavy atom. The van der Waals surface area contributed by atoms with Crippen molar-refractivity contribution in [2.24, 2.45) is 5.92 Å². The number of fused-ring (bicyclic) bond motifs is 1. The zero-order valence-electron chi connectivity index (χ0n) is 17.6. The van der Waals surface area contributed by atoms with Gasteiger partial charge in [0, 0.05) is 25.8 Å². The number of nitrogens with zero attached hydrogens (tertiary/aromatic N) is 5. The fourth-order valence-corrected chi connectivity index (χ4v) is 4.48. The molecule has 0 saturated carbocycles. The molecule has 2 aliphatic heterocycles. The lowest BCUT2D eigenvalue weighted by atomic mass is 9.97. The van der Waals surface area contributed by atoms with Crippen LogP contribution in [0.25, 0.3) is 5.65 Å². The Kier molecular flexibility index (Phi) is 6.64. The van der Waals surface area contributed by atoms with Crippen LogP contribution in [-0.2, 0) is 11.0 Å². The second-order valence-electron chi connectivity index (χ2n) is 8.48. The molecule has 1 atom stereocenters. The number of amides is 1. The SMILES string of the molecule is O=C(NCCCN1CCCCC1)C1CCCN(c2nnc3ccc(C(F)(F)F)cn23)C1. The summed E-state index contributed by atoms with van der Waals surface area (Å²) in [7, 11) is 0. The normalized spacial score (nSPS) is 20.9. The highest BCUT2D eigenvalue weighted by Gasteiger charge is 2.32. The number of hydrogen-bond donors (Lipinski definition) is 1. The van der Waals surface area contributed by atoms with E-state index in [0.717, 1.165) is 51.2 Å². The molecule has 1 amide bonds. The number of anilines is 1. The molecular formula is C21H29F3N6O. The summed E-state index contributed by atoms with van der Waals surface area (Å²) in [5.74, 6) is 0.152. The van der Waals surface area contributed by atoms with E-state index in [9.17, 15) is 18.0 Å². The first-order valence-electron chi connectivity index (χ1n) is 11.1. The maximum absolute atomic E-state index is 13.1. The van der Waals surface area contributed by atoms with Crippen molar-refractivity contribution in [2.75, 3.05) is 44.2 Å². The average molecular weight is 438 g/mol. The number of pyridine rings is 1. The molecule has 7 nitrogen and oxygen atoms in total. The number of carbonyl (C=O) groups excluding carboxylic acids is 1. The fraction of sp³-hybridized carbons (Fsp3) is 0.667. The molecule has 2 aliphatic rings. The second-order valence-corrected chi connectivity index (χ2v) is 8.48. The lowest BCUT2D eigenvalue weighted by Crippen LogP contribution is -2.44. The Labute approximate surface area is 179 Å². The van der Waals surface area contributed by atoms with Crippen molar-refractivity contribution < 1.29 is 18.0 Å². The number of halogens is 3. The summed E-state index contributed by atoms with van der Waals surface area (Å²) < 4.78 is 40.7. The Morgan fingerprint density at radius 1 is 1.10 bits per heavy atom. The standard InChI is InChI=1S/C21H29F3N6O/c22-21(23,24)17-7-8-18-26-27-20(30(18)15-17)29-13-4-6-16(14-29)19(31)25-9-5-12-28-10-2-1-3-11-28/h7-8,15-16H,1-6,9-14H2,(H,25,31). The molecular weight excluding hydrogens is 409 g/mol. The molecule has 170 valence electrons. The number of alkyl halides is 3. The largest absolute Gasteiger partial charge is 0.417 e. The van der Waals surface area contributed by atoms with Gasteiger partial charge in [-0.2, -0.15) is 13.2 Å². The molecule has 4 rings (SSSR count). The highest BCUT2D eigenvalue weighted by Crippen LogP contribution is 2.30. The summed E-state index contributed by atoms with van der Waals surface area (Å²) in [6.07, 6.45) is 2.88. The van der Waals surface area contributed by atoms with Gasteiger partial charge in [-0.05, 0) is 63.9 Å². The maximum atomic E-state index is 13.1. The molecule has 31 heavy (non-hydrogen) atoms. The van der Waals surface area contributed by atoms with E-state index in [0.29, 0.717) is 31.2 Å². The van der Waals surface area contributed by atoms with Crippen LogP contribution < -0.4 is 10.2 Å². The van der Waals surface area contributed by atoms with Crippen LogP contribution in [0.15, 0.2) is 18.3 Å². The van der Waals surface area contributed by atoms with E-state index in [1.807, 2.05) is 4.90 Å². The molecule has 10 heteroatoms. The predicted molar refractivity (Wildman–Crippen MR) is 111 cm³/mol. The summed E-state index contributed by atoms with van der Waals surface area (Å²) in [6.45, 7) is 5.01. The molecule has 0 aliphatic carbocycles. The summed E-state index contributed by atoms with van der Waals surface area (Å²) in [5, 5.41) is 11.1. The van der Waals surface area contributed by atoms with E-state index in [-0.39, 0.29) is 11.8 Å². The quantitative estimate of drug-likeness (QED) is 0.703. The van der Waals surface area contributed by atoms with Crippen molar-refractivity contribution in [3.05, 3.63) is 23.9 Å². The van der Waals surface area contributed by atoms with Crippen LogP contribution >= 0.6 is 0 Å². The minimum Gasteiger partial charge on any atom is -0.356 e. The summed E-state index contributed by atoms with van der Waals surface area (Å²) in [4.78, 5) is 17.0. The zero-order valence-corrected chi connectivity index (χ0v) is 17.6. The van der Waals surface area contributed by atoms with Gasteiger partial charge in [-0.3, -0.25) is 9.20 Å². The van der Waals surface area contributed by atoms with Gasteiger partial charge < -0.3 is 15.1 Å². The van der Waals surface area contributed by atoms with Crippen LogP contribution in [0.5, 0.6) is 0 Å². The van der Waals surface area contributed by atoms with Gasteiger partial charge in [0.2, 0.25) is 11.9 Å². The molecule has 1 unspecified atom stereocenters. The van der Waals surface area contributed by atoms with Crippen LogP contribution in [0.1, 0.15) is 44.1 Å². The number of rotatable bonds is 6. The minimum absolute atomic E-state index is 0.00754. The number of aromatic nitrogens is 3. The third kappa shape index (κ3) is 5.28. The van der Waals surface area contributed by atoms with E-state index in [2.05, 4.69) is 20.4 Å². The molecule has 1 N–H and O–H groups in total. The molecule has 4 heterocycles. The molecule has 2 fully saturated rings. The van der Waals surface area contributed by atoms with Crippen molar-refractivity contribution in [2.45, 2.75) is 44.7 Å². The second kappa shape index (κ2) is 9.42. The number of hydrogen-bond acceptors (Lipinski definition) is 5. The van der Waals surface area contributed by atoms with Crippen LogP contribution in [-0.4, -0.2) is 64.7 Å². The predicted octanol–water partition coefficient (Wildman–Crippen LogP) is 2.96. The van der Waals surface area contributed by atoms with Gasteiger partial charge in [0.25, 0.3) is 0 Å². The number of nitrogens with one attached hydrogen (secondary N) is 1. The molecule has 2 aromatic rings. The van der Waals surface area contributed by atoms with Gasteiger partial charge in [-0.1, -0.05) is 6.42 Å². The number of carbonyl (C=O) groups is 1. The maximum Gasteiger partial charge on any atom is 0.417 e. The molecule has 0 spiro atoms. The van der Waals surface area contributed by atoms with Crippen molar-refractivity contribution in [3.63, 3.8) is 0 Å². The lowest BCUT2D eigenvalue weighted by Gasteiger charge is -2.32. The third-order valence-electron chi connectivity index (χ3n) is 6.19. The summed E-state index contributed by atoms with van der Waals surface area (Å²) in [6, 6.07) is 2.32. The first-order chi connectivity index (χ1) is 14.9. The van der Waals surface area contributed by atoms with Crippen molar-refractivity contribution >= 4 is 17.5 Å².